The van der Waals surface area contributed by atoms with Gasteiger partial charge >= 0.3 is 0 Å². The molecule has 0 heterocycles. The van der Waals surface area contributed by atoms with Crippen molar-refractivity contribution in [3.8, 4) is 11.7 Å². The Kier molecular flexibility index (Phi) is 12.3. The van der Waals surface area contributed by atoms with Crippen molar-refractivity contribution in [2.45, 2.75) is 70.6 Å². The Balaban J connectivity index is 0.000000990. The Hall–Kier alpha value is -0.716. The summed E-state index contributed by atoms with van der Waals surface area (Å²) in [7, 11) is 1.37. The second kappa shape index (κ2) is 13.6. The molecule has 0 unspecified atom stereocenters. The predicted octanol–water partition coefficient (Wildman–Crippen LogP) is 7.22. The van der Waals surface area contributed by atoms with Crippen molar-refractivity contribution in [3.63, 3.8) is 0 Å². The quantitative estimate of drug-likeness (QED) is 0.248. The third-order valence-electron chi connectivity index (χ3n) is 6.57. The molecule has 1 nitrogen and oxygen atoms in total. The van der Waals surface area contributed by atoms with Gasteiger partial charge in [0, 0.05) is 32.7 Å². The SMILES string of the molecule is C=CCC1CCC(C2CCC(c3ccc(OC)c(F)c3F)CC2)CC1.[C-]#CC.[Y]. The van der Waals surface area contributed by atoms with Crippen molar-refractivity contribution in [1.29, 1.82) is 0 Å². The molecule has 2 aliphatic rings. The van der Waals surface area contributed by atoms with Crippen LogP contribution in [0.2, 0.25) is 0 Å². The number of rotatable bonds is 5. The van der Waals surface area contributed by atoms with Crippen LogP contribution in [0.5, 0.6) is 5.75 Å². The third kappa shape index (κ3) is 7.18. The van der Waals surface area contributed by atoms with Gasteiger partial charge in [-0.05, 0) is 100 Å². The zero-order valence-corrected chi connectivity index (χ0v) is 20.7. The van der Waals surface area contributed by atoms with Gasteiger partial charge in [0.15, 0.2) is 11.6 Å². The average Bonchev–Trinajstić information content (AvgIpc) is 2.72. The zero-order valence-electron chi connectivity index (χ0n) is 17.9. The summed E-state index contributed by atoms with van der Waals surface area (Å²) in [6.07, 6.45) is 18.7. The maximum absolute atomic E-state index is 14.3. The Morgan fingerprint density at radius 3 is 2.03 bits per heavy atom. The summed E-state index contributed by atoms with van der Waals surface area (Å²) < 4.78 is 33.2. The topological polar surface area (TPSA) is 9.23 Å². The smallest absolute Gasteiger partial charge is 0.200 e. The molecule has 0 N–H and O–H groups in total. The van der Waals surface area contributed by atoms with E-state index in [1.54, 1.807) is 19.1 Å². The first-order valence-corrected chi connectivity index (χ1v) is 10.5. The normalized spacial score (nSPS) is 26.2. The number of methoxy groups -OCH3 is 1. The molecule has 2 aliphatic carbocycles. The molecule has 0 saturated heterocycles. The van der Waals surface area contributed by atoms with Gasteiger partial charge < -0.3 is 17.1 Å². The van der Waals surface area contributed by atoms with Gasteiger partial charge in [0.2, 0.25) is 5.82 Å². The fourth-order valence-corrected chi connectivity index (χ4v) is 5.05. The fraction of sp³-hybridized carbons (Fsp3) is 0.600. The molecule has 29 heavy (non-hydrogen) atoms. The van der Waals surface area contributed by atoms with Gasteiger partial charge in [-0.25, -0.2) is 4.39 Å². The van der Waals surface area contributed by atoms with Crippen LogP contribution in [0.3, 0.4) is 0 Å². The van der Waals surface area contributed by atoms with Crippen molar-refractivity contribution in [1.82, 2.24) is 0 Å². The number of allylic oxidation sites excluding steroid dienone is 1. The molecule has 3 rings (SSSR count). The predicted molar refractivity (Wildman–Crippen MR) is 111 cm³/mol. The number of hydrogen-bond donors (Lipinski definition) is 0. The standard InChI is InChI=1S/C22H30F2O.C3H3.Y/c1-3-4-15-5-7-16(8-6-15)17-9-11-18(12-10-17)19-13-14-20(25-2)22(24)21(19)23;1-3-2;/h3,13-18H,1,4-12H2,2H3;1H3;/q;-1;. The molecule has 1 aromatic carbocycles. The van der Waals surface area contributed by atoms with Gasteiger partial charge in [-0.15, -0.1) is 6.58 Å². The van der Waals surface area contributed by atoms with Crippen LogP contribution >= 0.6 is 0 Å². The van der Waals surface area contributed by atoms with Gasteiger partial charge in [0.1, 0.15) is 0 Å². The van der Waals surface area contributed by atoms with E-state index in [-0.39, 0.29) is 44.4 Å². The van der Waals surface area contributed by atoms with Crippen LogP contribution in [0.15, 0.2) is 24.8 Å². The van der Waals surface area contributed by atoms with Crippen LogP contribution in [0.25, 0.3) is 0 Å². The van der Waals surface area contributed by atoms with Crippen LogP contribution in [-0.2, 0) is 32.7 Å². The second-order valence-electron chi connectivity index (χ2n) is 8.15. The summed E-state index contributed by atoms with van der Waals surface area (Å²) in [5, 5.41) is 0. The van der Waals surface area contributed by atoms with E-state index in [4.69, 9.17) is 11.2 Å². The summed E-state index contributed by atoms with van der Waals surface area (Å²) in [5.74, 6) is 3.02. The van der Waals surface area contributed by atoms with Crippen LogP contribution in [0, 0.1) is 41.7 Å². The molecule has 0 aromatic heterocycles. The van der Waals surface area contributed by atoms with E-state index in [1.165, 1.54) is 32.8 Å². The molecule has 0 atom stereocenters. The minimum absolute atomic E-state index is 0. The molecule has 0 spiro atoms. The van der Waals surface area contributed by atoms with E-state index in [0.717, 1.165) is 49.9 Å². The minimum atomic E-state index is -0.845. The van der Waals surface area contributed by atoms with Crippen LogP contribution in [0.4, 0.5) is 8.78 Å². The van der Waals surface area contributed by atoms with Crippen molar-refractivity contribution < 1.29 is 46.2 Å². The summed E-state index contributed by atoms with van der Waals surface area (Å²) in [6.45, 7) is 5.40. The summed E-state index contributed by atoms with van der Waals surface area (Å²) >= 11 is 0. The van der Waals surface area contributed by atoms with Gasteiger partial charge in [0.05, 0.1) is 7.11 Å². The van der Waals surface area contributed by atoms with Crippen molar-refractivity contribution in [2.24, 2.45) is 17.8 Å². The second-order valence-corrected chi connectivity index (χ2v) is 8.15. The molecule has 2 fully saturated rings. The van der Waals surface area contributed by atoms with Gasteiger partial charge in [-0.1, -0.05) is 12.1 Å². The van der Waals surface area contributed by atoms with E-state index in [9.17, 15) is 8.78 Å². The van der Waals surface area contributed by atoms with E-state index in [1.807, 2.05) is 5.92 Å². The molecule has 4 heteroatoms. The van der Waals surface area contributed by atoms with Crippen LogP contribution < -0.4 is 4.74 Å². The number of hydrogen-bond acceptors (Lipinski definition) is 1. The summed E-state index contributed by atoms with van der Waals surface area (Å²) in [6, 6.07) is 3.27. The number of benzene rings is 1. The zero-order chi connectivity index (χ0) is 20.5. The molecule has 157 valence electrons. The molecule has 0 aliphatic heterocycles. The first-order valence-electron chi connectivity index (χ1n) is 10.5. The molecule has 1 radical (unpaired) electrons. The molecule has 0 amide bonds. The average molecular weight is 476 g/mol. The van der Waals surface area contributed by atoms with E-state index >= 15 is 0 Å². The summed E-state index contributed by atoms with van der Waals surface area (Å²) in [4.78, 5) is 0. The van der Waals surface area contributed by atoms with Crippen LogP contribution in [0.1, 0.15) is 76.2 Å². The first kappa shape index (κ1) is 26.3. The monoisotopic (exact) mass is 476 g/mol. The largest absolute Gasteiger partial charge is 0.694 e. The summed E-state index contributed by atoms with van der Waals surface area (Å²) in [5.41, 5.74) is 0.534. The van der Waals surface area contributed by atoms with Gasteiger partial charge in [-0.2, -0.15) is 4.39 Å². The maximum Gasteiger partial charge on any atom is 0.200 e. The molecule has 2 saturated carbocycles. The number of ether oxygens (including phenoxy) is 1. The third-order valence-corrected chi connectivity index (χ3v) is 6.57. The molecule has 1 aromatic rings. The van der Waals surface area contributed by atoms with E-state index in [0.29, 0.717) is 5.56 Å². The Morgan fingerprint density at radius 1 is 1.03 bits per heavy atom. The fourth-order valence-electron chi connectivity index (χ4n) is 5.05. The Morgan fingerprint density at radius 2 is 1.55 bits per heavy atom. The first-order chi connectivity index (χ1) is 13.5. The Bertz CT molecular complexity index is 666. The van der Waals surface area contributed by atoms with Crippen LogP contribution in [-0.4, -0.2) is 7.11 Å². The van der Waals surface area contributed by atoms with Gasteiger partial charge in [-0.3, -0.25) is 0 Å². The van der Waals surface area contributed by atoms with Crippen molar-refractivity contribution >= 4 is 0 Å². The van der Waals surface area contributed by atoms with Crippen molar-refractivity contribution in [3.05, 3.63) is 48.4 Å². The minimum Gasteiger partial charge on any atom is -0.694 e. The van der Waals surface area contributed by atoms with E-state index in [2.05, 4.69) is 12.7 Å². The molecular weight excluding hydrogens is 443 g/mol. The molecular formula is C25H33F2OY-. The van der Waals surface area contributed by atoms with E-state index < -0.39 is 11.6 Å². The van der Waals surface area contributed by atoms with Gasteiger partial charge in [0.25, 0.3) is 0 Å². The number of halogens is 2. The van der Waals surface area contributed by atoms with Crippen molar-refractivity contribution in [2.75, 3.05) is 7.11 Å². The maximum atomic E-state index is 14.3. The Labute approximate surface area is 200 Å². The molecule has 0 bridgehead atoms.